The summed E-state index contributed by atoms with van der Waals surface area (Å²) in [5.41, 5.74) is 1.44. The van der Waals surface area contributed by atoms with Crippen LogP contribution in [0.5, 0.6) is 0 Å². The molecule has 0 spiro atoms. The predicted octanol–water partition coefficient (Wildman–Crippen LogP) is 3.00. The molecular weight excluding hydrogens is 321 g/mol. The molecule has 0 saturated heterocycles. The number of aromatic nitrogens is 4. The van der Waals surface area contributed by atoms with Crippen LogP contribution in [0.2, 0.25) is 0 Å². The summed E-state index contributed by atoms with van der Waals surface area (Å²) < 4.78 is 15.1. The summed E-state index contributed by atoms with van der Waals surface area (Å²) >= 11 is 0. The molecule has 4 rings (SSSR count). The Balaban J connectivity index is 1.62. The van der Waals surface area contributed by atoms with Crippen LogP contribution in [-0.2, 0) is 11.3 Å². The lowest BCUT2D eigenvalue weighted by Crippen LogP contribution is -2.27. The van der Waals surface area contributed by atoms with Crippen LogP contribution in [-0.4, -0.2) is 25.7 Å². The molecule has 6 nitrogen and oxygen atoms in total. The predicted molar refractivity (Wildman–Crippen MR) is 90.3 cm³/mol. The summed E-state index contributed by atoms with van der Waals surface area (Å²) in [5, 5.41) is 11.4. The van der Waals surface area contributed by atoms with Crippen LogP contribution in [0.1, 0.15) is 24.6 Å². The average Bonchev–Trinajstić information content (AvgIpc) is 3.07. The van der Waals surface area contributed by atoms with Crippen molar-refractivity contribution >= 4 is 11.6 Å². The fourth-order valence-corrected chi connectivity index (χ4v) is 3.10. The highest BCUT2D eigenvalue weighted by atomic mass is 19.1. The Labute approximate surface area is 143 Å². The number of nitrogens with zero attached hydrogens (tertiary/aromatic N) is 4. The molecule has 7 heteroatoms. The second kappa shape index (κ2) is 6.43. The highest BCUT2D eigenvalue weighted by Gasteiger charge is 2.31. The van der Waals surface area contributed by atoms with Crippen LogP contribution in [0.3, 0.4) is 0 Å². The van der Waals surface area contributed by atoms with Gasteiger partial charge in [0.05, 0.1) is 17.8 Å². The maximum absolute atomic E-state index is 13.1. The Morgan fingerprint density at radius 2 is 2.04 bits per heavy atom. The van der Waals surface area contributed by atoms with Gasteiger partial charge in [-0.2, -0.15) is 0 Å². The maximum Gasteiger partial charge on any atom is 0.235 e. The van der Waals surface area contributed by atoms with Crippen molar-refractivity contribution in [3.63, 3.8) is 0 Å². The molecule has 1 amide bonds. The molecule has 0 aliphatic carbocycles. The van der Waals surface area contributed by atoms with Crippen molar-refractivity contribution in [2.24, 2.45) is 0 Å². The zero-order valence-corrected chi connectivity index (χ0v) is 13.4. The normalized spacial score (nSPS) is 16.3. The minimum absolute atomic E-state index is 0.119. The lowest BCUT2D eigenvalue weighted by molar-refractivity contribution is -0.118. The Hall–Kier alpha value is -3.09. The highest BCUT2D eigenvalue weighted by Crippen LogP contribution is 2.31. The fraction of sp³-hybridized carbons (Fsp3) is 0.222. The number of carbonyl (C=O) groups excluding carboxylic acids is 1. The molecule has 3 aromatic rings. The first-order chi connectivity index (χ1) is 12.2. The quantitative estimate of drug-likeness (QED) is 0.797. The number of benzene rings is 1. The van der Waals surface area contributed by atoms with Gasteiger partial charge in [-0.3, -0.25) is 9.78 Å². The van der Waals surface area contributed by atoms with Gasteiger partial charge in [0, 0.05) is 18.3 Å². The van der Waals surface area contributed by atoms with Crippen LogP contribution >= 0.6 is 0 Å². The van der Waals surface area contributed by atoms with Gasteiger partial charge in [0.25, 0.3) is 0 Å². The minimum Gasteiger partial charge on any atom is -0.324 e. The fourth-order valence-electron chi connectivity index (χ4n) is 3.10. The third-order valence-corrected chi connectivity index (χ3v) is 4.31. The van der Waals surface area contributed by atoms with Crippen LogP contribution in [0.4, 0.5) is 10.1 Å². The number of pyridine rings is 1. The van der Waals surface area contributed by atoms with Crippen LogP contribution in [0.15, 0.2) is 48.8 Å². The lowest BCUT2D eigenvalue weighted by atomic mass is 9.97. The van der Waals surface area contributed by atoms with E-state index in [1.165, 1.54) is 12.1 Å². The molecule has 0 bridgehead atoms. The number of amides is 1. The molecule has 25 heavy (non-hydrogen) atoms. The second-order valence-corrected chi connectivity index (χ2v) is 5.97. The average molecular weight is 337 g/mol. The van der Waals surface area contributed by atoms with Gasteiger partial charge in [-0.1, -0.05) is 0 Å². The van der Waals surface area contributed by atoms with E-state index in [4.69, 9.17) is 0 Å². The first-order valence-electron chi connectivity index (χ1n) is 8.12. The van der Waals surface area contributed by atoms with Crippen LogP contribution in [0, 0.1) is 5.82 Å². The SMILES string of the molecule is O=C(Nc1cccnc1)C1CCCn2c(-c3ccc(F)cc3)nnc21. The molecule has 0 saturated carbocycles. The van der Waals surface area contributed by atoms with E-state index in [0.29, 0.717) is 23.8 Å². The number of carbonyl (C=O) groups is 1. The standard InChI is InChI=1S/C18H16FN5O/c19-13-7-5-12(6-8-13)16-22-23-17-15(4-2-10-24(16)17)18(25)21-14-3-1-9-20-11-14/h1,3,5-9,11,15H,2,4,10H2,(H,21,25). The number of hydrogen-bond donors (Lipinski definition) is 1. The summed E-state index contributed by atoms with van der Waals surface area (Å²) in [4.78, 5) is 16.7. The first kappa shape index (κ1) is 15.4. The van der Waals surface area contributed by atoms with Gasteiger partial charge < -0.3 is 9.88 Å². The number of halogens is 1. The van der Waals surface area contributed by atoms with Crippen molar-refractivity contribution in [3.8, 4) is 11.4 Å². The Morgan fingerprint density at radius 1 is 1.20 bits per heavy atom. The van der Waals surface area contributed by atoms with Gasteiger partial charge in [-0.25, -0.2) is 4.39 Å². The van der Waals surface area contributed by atoms with E-state index in [9.17, 15) is 9.18 Å². The monoisotopic (exact) mass is 337 g/mol. The van der Waals surface area contributed by atoms with Crippen molar-refractivity contribution in [1.29, 1.82) is 0 Å². The molecule has 1 aromatic carbocycles. The molecule has 1 atom stereocenters. The van der Waals surface area contributed by atoms with Gasteiger partial charge in [-0.15, -0.1) is 10.2 Å². The molecule has 0 radical (unpaired) electrons. The third kappa shape index (κ3) is 3.00. The Kier molecular flexibility index (Phi) is 3.97. The van der Waals surface area contributed by atoms with Crippen LogP contribution in [0.25, 0.3) is 11.4 Å². The molecule has 1 N–H and O–H groups in total. The second-order valence-electron chi connectivity index (χ2n) is 5.97. The summed E-state index contributed by atoms with van der Waals surface area (Å²) in [5.74, 6) is 0.527. The van der Waals surface area contributed by atoms with E-state index in [-0.39, 0.29) is 17.6 Å². The van der Waals surface area contributed by atoms with Gasteiger partial charge in [0.15, 0.2) is 5.82 Å². The van der Waals surface area contributed by atoms with Crippen molar-refractivity contribution in [2.45, 2.75) is 25.3 Å². The number of anilines is 1. The first-order valence-corrected chi connectivity index (χ1v) is 8.12. The highest BCUT2D eigenvalue weighted by molar-refractivity contribution is 5.95. The molecule has 2 aromatic heterocycles. The van der Waals surface area contributed by atoms with Crippen molar-refractivity contribution < 1.29 is 9.18 Å². The molecule has 3 heterocycles. The number of hydrogen-bond acceptors (Lipinski definition) is 4. The summed E-state index contributed by atoms with van der Waals surface area (Å²) in [6.45, 7) is 0.742. The van der Waals surface area contributed by atoms with E-state index in [2.05, 4.69) is 20.5 Å². The van der Waals surface area contributed by atoms with Gasteiger partial charge >= 0.3 is 0 Å². The lowest BCUT2D eigenvalue weighted by Gasteiger charge is -2.23. The number of fused-ring (bicyclic) bond motifs is 1. The molecule has 1 unspecified atom stereocenters. The van der Waals surface area contributed by atoms with Gasteiger partial charge in [0.2, 0.25) is 5.91 Å². The Morgan fingerprint density at radius 3 is 2.80 bits per heavy atom. The zero-order valence-electron chi connectivity index (χ0n) is 13.4. The van der Waals surface area contributed by atoms with Gasteiger partial charge in [0.1, 0.15) is 11.6 Å². The number of rotatable bonds is 3. The topological polar surface area (TPSA) is 72.7 Å². The molecule has 1 aliphatic rings. The van der Waals surface area contributed by atoms with E-state index in [1.54, 1.807) is 36.7 Å². The minimum atomic E-state index is -0.365. The van der Waals surface area contributed by atoms with Crippen molar-refractivity contribution in [1.82, 2.24) is 19.7 Å². The summed E-state index contributed by atoms with van der Waals surface area (Å²) in [7, 11) is 0. The maximum atomic E-state index is 13.1. The van der Waals surface area contributed by atoms with Crippen molar-refractivity contribution in [3.05, 3.63) is 60.4 Å². The van der Waals surface area contributed by atoms with E-state index < -0.39 is 0 Å². The third-order valence-electron chi connectivity index (χ3n) is 4.31. The largest absolute Gasteiger partial charge is 0.324 e. The zero-order chi connectivity index (χ0) is 17.2. The molecule has 1 aliphatic heterocycles. The Bertz CT molecular complexity index is 892. The van der Waals surface area contributed by atoms with E-state index in [1.807, 2.05) is 4.57 Å². The van der Waals surface area contributed by atoms with Crippen molar-refractivity contribution in [2.75, 3.05) is 5.32 Å². The summed E-state index contributed by atoms with van der Waals surface area (Å²) in [6.07, 6.45) is 4.83. The molecule has 126 valence electrons. The van der Waals surface area contributed by atoms with Crippen LogP contribution < -0.4 is 5.32 Å². The molecular formula is C18H16FN5O. The summed E-state index contributed by atoms with van der Waals surface area (Å²) in [6, 6.07) is 9.70. The van der Waals surface area contributed by atoms with E-state index in [0.717, 1.165) is 18.5 Å². The number of nitrogens with one attached hydrogen (secondary N) is 1. The molecule has 0 fully saturated rings. The van der Waals surface area contributed by atoms with Gasteiger partial charge in [-0.05, 0) is 49.2 Å². The smallest absolute Gasteiger partial charge is 0.235 e. The van der Waals surface area contributed by atoms with E-state index >= 15 is 0 Å².